The Morgan fingerprint density at radius 1 is 0.824 bits per heavy atom. The first kappa shape index (κ1) is 40.5. The van der Waals surface area contributed by atoms with Crippen LogP contribution in [-0.4, -0.2) is 80.1 Å². The van der Waals surface area contributed by atoms with Crippen molar-refractivity contribution in [3.8, 4) is 0 Å². The number of hydrogen-bond acceptors (Lipinski definition) is 5. The molecule has 3 aromatic rings. The average Bonchev–Trinajstić information content (AvgIpc) is 3.09. The van der Waals surface area contributed by atoms with Gasteiger partial charge in [0, 0.05) is 31.2 Å². The van der Waals surface area contributed by atoms with Gasteiger partial charge in [0.1, 0.15) is 11.6 Å². The van der Waals surface area contributed by atoms with Gasteiger partial charge < -0.3 is 14.9 Å². The topological polar surface area (TPSA) is 98.2 Å². The zero-order chi connectivity index (χ0) is 37.3. The van der Waals surface area contributed by atoms with Crippen molar-refractivity contribution in [1.82, 2.24) is 9.21 Å². The lowest BCUT2D eigenvalue weighted by molar-refractivity contribution is -0.192. The van der Waals surface area contributed by atoms with Crippen molar-refractivity contribution in [2.24, 2.45) is 11.8 Å². The van der Waals surface area contributed by atoms with Gasteiger partial charge in [-0.3, -0.25) is 4.79 Å². The Hall–Kier alpha value is -3.30. The van der Waals surface area contributed by atoms with E-state index in [-0.39, 0.29) is 35.6 Å². The molecule has 16 heteroatoms. The molecule has 0 bridgehead atoms. The number of alkyl halides is 3. The van der Waals surface area contributed by atoms with Crippen LogP contribution in [0.15, 0.2) is 71.6 Å². The Kier molecular flexibility index (Phi) is 14.2. The lowest BCUT2D eigenvalue weighted by Gasteiger charge is -2.35. The maximum Gasteiger partial charge on any atom is 0.490 e. The Balaban J connectivity index is 0.000000755. The summed E-state index contributed by atoms with van der Waals surface area (Å²) in [4.78, 5) is 27.0. The molecular weight excluding hydrogens is 740 g/mol. The molecule has 0 atom stereocenters. The summed E-state index contributed by atoms with van der Waals surface area (Å²) in [6.45, 7) is 3.72. The second kappa shape index (κ2) is 18.0. The summed E-state index contributed by atoms with van der Waals surface area (Å²) in [5.74, 6) is -3.29. The van der Waals surface area contributed by atoms with E-state index in [0.717, 1.165) is 57.5 Å². The van der Waals surface area contributed by atoms with Gasteiger partial charge in [0.25, 0.3) is 0 Å². The number of amides is 1. The van der Waals surface area contributed by atoms with Crippen molar-refractivity contribution in [3.63, 3.8) is 0 Å². The normalized spacial score (nSPS) is 16.7. The number of aliphatic carboxylic acids is 1. The monoisotopic (exact) mass is 777 g/mol. The zero-order valence-corrected chi connectivity index (χ0v) is 29.8. The van der Waals surface area contributed by atoms with Crippen LogP contribution in [0.1, 0.15) is 37.7 Å². The minimum atomic E-state index is -5.08. The molecule has 5 rings (SSSR count). The summed E-state index contributed by atoms with van der Waals surface area (Å²) < 4.78 is 85.8. The van der Waals surface area contributed by atoms with Crippen molar-refractivity contribution >= 4 is 50.8 Å². The minimum absolute atomic E-state index is 0.0422. The molecule has 1 amide bonds. The molecule has 3 aromatic carbocycles. The molecule has 2 fully saturated rings. The number of hydrogen-bond donors (Lipinski definition) is 1. The van der Waals surface area contributed by atoms with Gasteiger partial charge in [-0.1, -0.05) is 35.3 Å². The number of carbonyl (C=O) groups excluding carboxylic acids is 1. The van der Waals surface area contributed by atoms with Crippen LogP contribution in [0.4, 0.5) is 27.6 Å². The van der Waals surface area contributed by atoms with Crippen LogP contribution >= 0.6 is 23.2 Å². The van der Waals surface area contributed by atoms with E-state index in [2.05, 4.69) is 4.90 Å². The Morgan fingerprint density at radius 3 is 1.90 bits per heavy atom. The van der Waals surface area contributed by atoms with Gasteiger partial charge in [0.15, 0.2) is 0 Å². The van der Waals surface area contributed by atoms with Crippen LogP contribution in [0.5, 0.6) is 0 Å². The molecular formula is C35H38Cl2F5N3O5S. The second-order valence-corrected chi connectivity index (χ2v) is 15.2. The Labute approximate surface area is 303 Å². The summed E-state index contributed by atoms with van der Waals surface area (Å²) in [6, 6.07) is 16.7. The highest BCUT2D eigenvalue weighted by Gasteiger charge is 2.38. The number of nitrogens with zero attached hydrogens (tertiary/aromatic N) is 3. The van der Waals surface area contributed by atoms with Gasteiger partial charge >= 0.3 is 12.1 Å². The number of piperidine rings is 2. The summed E-state index contributed by atoms with van der Waals surface area (Å²) >= 11 is 12.5. The van der Waals surface area contributed by atoms with Crippen LogP contribution in [0.3, 0.4) is 0 Å². The van der Waals surface area contributed by atoms with E-state index in [4.69, 9.17) is 33.1 Å². The van der Waals surface area contributed by atoms with Gasteiger partial charge in [-0.25, -0.2) is 22.0 Å². The van der Waals surface area contributed by atoms with Crippen LogP contribution in [0.25, 0.3) is 0 Å². The van der Waals surface area contributed by atoms with E-state index in [9.17, 15) is 35.2 Å². The number of benzene rings is 3. The third-order valence-electron chi connectivity index (χ3n) is 8.98. The van der Waals surface area contributed by atoms with Crippen LogP contribution < -0.4 is 4.90 Å². The molecule has 0 aliphatic carbocycles. The molecule has 0 spiro atoms. The SMILES string of the molecule is O=C(C1CCN(S(=O)(=O)c2ccc(F)cc2)CC1)N(CCCN1CCC(Cc2ccc(F)cc2)CC1)c1ccc(Cl)c(Cl)c1.O=C(O)C(F)(F)F. The first-order chi connectivity index (χ1) is 24.0. The van der Waals surface area contributed by atoms with E-state index in [1.165, 1.54) is 34.1 Å². The first-order valence-corrected chi connectivity index (χ1v) is 18.5. The molecule has 278 valence electrons. The third kappa shape index (κ3) is 11.6. The molecule has 0 saturated carbocycles. The highest BCUT2D eigenvalue weighted by atomic mass is 35.5. The first-order valence-electron chi connectivity index (χ1n) is 16.3. The molecule has 51 heavy (non-hydrogen) atoms. The number of halogens is 7. The largest absolute Gasteiger partial charge is 0.490 e. The highest BCUT2D eigenvalue weighted by Crippen LogP contribution is 2.31. The van der Waals surface area contributed by atoms with Gasteiger partial charge in [-0.15, -0.1) is 0 Å². The van der Waals surface area contributed by atoms with Gasteiger partial charge in [-0.2, -0.15) is 17.5 Å². The smallest absolute Gasteiger partial charge is 0.475 e. The van der Waals surface area contributed by atoms with Crippen LogP contribution in [-0.2, 0) is 26.0 Å². The van der Waals surface area contributed by atoms with Crippen LogP contribution in [0, 0.1) is 23.5 Å². The van der Waals surface area contributed by atoms with Crippen molar-refractivity contribution in [3.05, 3.63) is 94.0 Å². The summed E-state index contributed by atoms with van der Waals surface area (Å²) in [6.07, 6.45) is -0.431. The maximum atomic E-state index is 13.9. The molecule has 0 radical (unpaired) electrons. The second-order valence-electron chi connectivity index (χ2n) is 12.5. The quantitative estimate of drug-likeness (QED) is 0.212. The van der Waals surface area contributed by atoms with Crippen molar-refractivity contribution in [2.75, 3.05) is 44.2 Å². The predicted octanol–water partition coefficient (Wildman–Crippen LogP) is 7.68. The molecule has 1 N–H and O–H groups in total. The maximum absolute atomic E-state index is 13.9. The molecule has 2 aliphatic heterocycles. The summed E-state index contributed by atoms with van der Waals surface area (Å²) in [7, 11) is -3.77. The third-order valence-corrected chi connectivity index (χ3v) is 11.6. The molecule has 2 saturated heterocycles. The van der Waals surface area contributed by atoms with E-state index in [1.807, 2.05) is 12.1 Å². The van der Waals surface area contributed by atoms with E-state index in [0.29, 0.717) is 41.0 Å². The fraction of sp³-hybridized carbons (Fsp3) is 0.429. The molecule has 0 unspecified atom stereocenters. The number of sulfonamides is 1. The number of rotatable bonds is 10. The standard InChI is InChI=1S/C33H37Cl2F2N3O3S.C2HF3O2/c34-31-11-8-29(23-32(31)35)40(17-1-16-38-18-12-25(13-19-38)22-24-2-4-27(36)5-3-24)33(41)26-14-20-39(21-15-26)44(42,43)30-9-6-28(37)7-10-30;3-2(4,5)1(6)7/h2-11,23,25-26H,1,12-22H2;(H,6,7). The average molecular weight is 779 g/mol. The van der Waals surface area contributed by atoms with E-state index in [1.54, 1.807) is 23.1 Å². The predicted molar refractivity (Wildman–Crippen MR) is 184 cm³/mol. The van der Waals surface area contributed by atoms with Gasteiger partial charge in [0.2, 0.25) is 15.9 Å². The van der Waals surface area contributed by atoms with Gasteiger partial charge in [-0.05, 0) is 124 Å². The lowest BCUT2D eigenvalue weighted by atomic mass is 9.90. The number of carboxylic acid groups (broad SMARTS) is 1. The fourth-order valence-corrected chi connectivity index (χ4v) is 7.92. The van der Waals surface area contributed by atoms with Crippen LogP contribution in [0.2, 0.25) is 10.0 Å². The summed E-state index contributed by atoms with van der Waals surface area (Å²) in [5.41, 5.74) is 1.84. The molecule has 8 nitrogen and oxygen atoms in total. The Morgan fingerprint density at radius 2 is 1.37 bits per heavy atom. The number of carbonyl (C=O) groups is 2. The summed E-state index contributed by atoms with van der Waals surface area (Å²) in [5, 5.41) is 7.90. The van der Waals surface area contributed by atoms with Crippen molar-refractivity contribution in [2.45, 2.75) is 49.6 Å². The fourth-order valence-electron chi connectivity index (χ4n) is 6.16. The van der Waals surface area contributed by atoms with Gasteiger partial charge in [0.05, 0.1) is 14.9 Å². The van der Waals surface area contributed by atoms with E-state index >= 15 is 0 Å². The highest BCUT2D eigenvalue weighted by molar-refractivity contribution is 7.89. The Bertz CT molecular complexity index is 1730. The number of carboxylic acids is 1. The number of likely N-dealkylation sites (tertiary alicyclic amines) is 1. The number of anilines is 1. The minimum Gasteiger partial charge on any atom is -0.475 e. The molecule has 2 aliphatic rings. The molecule has 2 heterocycles. The zero-order valence-electron chi connectivity index (χ0n) is 27.5. The van der Waals surface area contributed by atoms with Crippen molar-refractivity contribution < 1.29 is 45.1 Å². The van der Waals surface area contributed by atoms with Crippen molar-refractivity contribution in [1.29, 1.82) is 0 Å². The lowest BCUT2D eigenvalue weighted by Crippen LogP contribution is -2.45. The van der Waals surface area contributed by atoms with E-state index < -0.39 is 28.0 Å². The molecule has 0 aromatic heterocycles.